The quantitative estimate of drug-likeness (QED) is 0.418. The first-order valence-electron chi connectivity index (χ1n) is 9.25. The van der Waals surface area contributed by atoms with E-state index in [9.17, 15) is 4.79 Å². The molecular formula is C21H19Cl2N5OS. The average molecular weight is 460 g/mol. The maximum Gasteiger partial charge on any atom is 0.265 e. The maximum atomic E-state index is 12.8. The zero-order chi connectivity index (χ0) is 21.3. The van der Waals surface area contributed by atoms with Gasteiger partial charge in [-0.2, -0.15) is 10.2 Å². The molecule has 0 unspecified atom stereocenters. The number of rotatable bonds is 6. The molecule has 154 valence electrons. The summed E-state index contributed by atoms with van der Waals surface area (Å²) in [5.41, 5.74) is 4.33. The molecule has 0 aliphatic carbocycles. The molecule has 3 aromatic heterocycles. The molecule has 0 saturated carbocycles. The van der Waals surface area contributed by atoms with Gasteiger partial charge in [0, 0.05) is 11.2 Å². The number of carbonyl (C=O) groups excluding carboxylic acids is 1. The number of halogens is 2. The lowest BCUT2D eigenvalue weighted by Crippen LogP contribution is -2.12. The molecule has 0 spiro atoms. The summed E-state index contributed by atoms with van der Waals surface area (Å²) in [6.07, 6.45) is 3.34. The minimum Gasteiger partial charge on any atom is -0.318 e. The molecule has 4 aromatic rings. The Morgan fingerprint density at radius 3 is 2.73 bits per heavy atom. The van der Waals surface area contributed by atoms with Gasteiger partial charge in [-0.3, -0.25) is 14.2 Å². The van der Waals surface area contributed by atoms with Gasteiger partial charge in [0.2, 0.25) is 0 Å². The van der Waals surface area contributed by atoms with Gasteiger partial charge >= 0.3 is 0 Å². The van der Waals surface area contributed by atoms with Crippen molar-refractivity contribution in [3.8, 4) is 0 Å². The van der Waals surface area contributed by atoms with Crippen molar-refractivity contribution in [3.63, 3.8) is 0 Å². The van der Waals surface area contributed by atoms with Crippen LogP contribution in [0.5, 0.6) is 0 Å². The molecule has 0 radical (unpaired) electrons. The second kappa shape index (κ2) is 8.63. The fraction of sp³-hybridized carbons (Fsp3) is 0.190. The minimum atomic E-state index is -0.159. The summed E-state index contributed by atoms with van der Waals surface area (Å²) >= 11 is 13.6. The Hall–Kier alpha value is -2.61. The fourth-order valence-electron chi connectivity index (χ4n) is 3.18. The Labute approximate surface area is 188 Å². The summed E-state index contributed by atoms with van der Waals surface area (Å²) < 4.78 is 3.59. The highest BCUT2D eigenvalue weighted by Gasteiger charge is 2.17. The Morgan fingerprint density at radius 1 is 1.20 bits per heavy atom. The van der Waals surface area contributed by atoms with Crippen molar-refractivity contribution in [1.82, 2.24) is 19.6 Å². The summed E-state index contributed by atoms with van der Waals surface area (Å²) in [6, 6.07) is 9.54. The first-order chi connectivity index (χ1) is 14.4. The molecule has 0 aliphatic heterocycles. The molecule has 6 nitrogen and oxygen atoms in total. The molecule has 4 rings (SSSR count). The van der Waals surface area contributed by atoms with Crippen molar-refractivity contribution in [2.75, 3.05) is 5.32 Å². The number of nitrogens with zero attached hydrogens (tertiary/aromatic N) is 4. The summed E-state index contributed by atoms with van der Waals surface area (Å²) in [5, 5.41) is 15.0. The second-order valence-corrected chi connectivity index (χ2v) is 8.68. The van der Waals surface area contributed by atoms with Gasteiger partial charge in [-0.25, -0.2) is 0 Å². The number of benzene rings is 1. The average Bonchev–Trinajstić information content (AvgIpc) is 3.41. The number of carbonyl (C=O) groups is 1. The van der Waals surface area contributed by atoms with Crippen LogP contribution in [0.2, 0.25) is 10.0 Å². The number of anilines is 1. The van der Waals surface area contributed by atoms with Gasteiger partial charge < -0.3 is 5.32 Å². The summed E-state index contributed by atoms with van der Waals surface area (Å²) in [7, 11) is 0. The number of thiophene rings is 1. The van der Waals surface area contributed by atoms with Crippen molar-refractivity contribution < 1.29 is 4.79 Å². The summed E-state index contributed by atoms with van der Waals surface area (Å²) in [6.45, 7) is 4.92. The van der Waals surface area contributed by atoms with Crippen LogP contribution in [0, 0.1) is 13.8 Å². The van der Waals surface area contributed by atoms with E-state index in [1.54, 1.807) is 17.1 Å². The third-order valence-electron chi connectivity index (χ3n) is 4.72. The highest BCUT2D eigenvalue weighted by Crippen LogP contribution is 2.25. The van der Waals surface area contributed by atoms with E-state index < -0.39 is 0 Å². The molecule has 1 aromatic carbocycles. The predicted molar refractivity (Wildman–Crippen MR) is 121 cm³/mol. The Balaban J connectivity index is 1.48. The lowest BCUT2D eigenvalue weighted by Gasteiger charge is -2.08. The normalized spacial score (nSPS) is 11.1. The molecule has 0 atom stereocenters. The number of hydrogen-bond acceptors (Lipinski definition) is 4. The third-order valence-corrected chi connectivity index (χ3v) is 6.26. The van der Waals surface area contributed by atoms with E-state index in [0.717, 1.165) is 28.2 Å². The first kappa shape index (κ1) is 20.7. The van der Waals surface area contributed by atoms with Gasteiger partial charge in [0.05, 0.1) is 46.3 Å². The molecule has 1 amide bonds. The van der Waals surface area contributed by atoms with Crippen LogP contribution in [0.3, 0.4) is 0 Å². The van der Waals surface area contributed by atoms with Crippen LogP contribution in [0.4, 0.5) is 5.69 Å². The van der Waals surface area contributed by atoms with Crippen molar-refractivity contribution >= 4 is 46.1 Å². The Kier molecular flexibility index (Phi) is 5.94. The maximum absolute atomic E-state index is 12.8. The number of aromatic nitrogens is 4. The molecule has 9 heteroatoms. The van der Waals surface area contributed by atoms with Gasteiger partial charge in [0.25, 0.3) is 5.91 Å². The molecule has 0 aliphatic rings. The van der Waals surface area contributed by atoms with Gasteiger partial charge in [0.15, 0.2) is 0 Å². The summed E-state index contributed by atoms with van der Waals surface area (Å²) in [4.78, 5) is 13.4. The van der Waals surface area contributed by atoms with E-state index in [-0.39, 0.29) is 5.91 Å². The molecule has 0 fully saturated rings. The standard InChI is InChI=1S/C21H19Cl2N5OS/c1-13-20(14(2)28(26-13)10-16-5-3-4-6-18(16)23)25-21(29)19-7-15(12-30-19)9-27-11-17(22)8-24-27/h3-8,11-12H,9-10H2,1-2H3,(H,25,29). The predicted octanol–water partition coefficient (Wildman–Crippen LogP) is 5.41. The lowest BCUT2D eigenvalue weighted by molar-refractivity contribution is 0.103. The van der Waals surface area contributed by atoms with E-state index in [4.69, 9.17) is 23.2 Å². The van der Waals surface area contributed by atoms with Crippen molar-refractivity contribution in [2.24, 2.45) is 0 Å². The summed E-state index contributed by atoms with van der Waals surface area (Å²) in [5.74, 6) is -0.159. The zero-order valence-electron chi connectivity index (χ0n) is 16.4. The smallest absolute Gasteiger partial charge is 0.265 e. The second-order valence-electron chi connectivity index (χ2n) is 6.92. The monoisotopic (exact) mass is 459 g/mol. The van der Waals surface area contributed by atoms with E-state index >= 15 is 0 Å². The van der Waals surface area contributed by atoms with Gasteiger partial charge in [0.1, 0.15) is 0 Å². The first-order valence-corrected chi connectivity index (χ1v) is 10.9. The number of aryl methyl sites for hydroxylation is 1. The van der Waals surface area contributed by atoms with Crippen molar-refractivity contribution in [3.05, 3.63) is 85.5 Å². The van der Waals surface area contributed by atoms with Gasteiger partial charge in [-0.05, 0) is 42.5 Å². The van der Waals surface area contributed by atoms with Crippen molar-refractivity contribution in [1.29, 1.82) is 0 Å². The zero-order valence-corrected chi connectivity index (χ0v) is 18.7. The number of hydrogen-bond donors (Lipinski definition) is 1. The van der Waals surface area contributed by atoms with E-state index in [1.165, 1.54) is 11.3 Å². The third kappa shape index (κ3) is 4.43. The van der Waals surface area contributed by atoms with E-state index in [1.807, 2.05) is 54.2 Å². The Bertz CT molecular complexity index is 1210. The van der Waals surface area contributed by atoms with Crippen LogP contribution in [0.25, 0.3) is 0 Å². The number of amides is 1. The fourth-order valence-corrected chi connectivity index (χ4v) is 4.33. The molecular weight excluding hydrogens is 441 g/mol. The van der Waals surface area contributed by atoms with Crippen LogP contribution in [-0.2, 0) is 13.1 Å². The van der Waals surface area contributed by atoms with Crippen LogP contribution in [0.1, 0.15) is 32.2 Å². The Morgan fingerprint density at radius 2 is 2.00 bits per heavy atom. The van der Waals surface area contributed by atoms with Crippen LogP contribution in [-0.4, -0.2) is 25.5 Å². The topological polar surface area (TPSA) is 64.7 Å². The van der Waals surface area contributed by atoms with Crippen LogP contribution in [0.15, 0.2) is 48.1 Å². The van der Waals surface area contributed by atoms with Gasteiger partial charge in [-0.1, -0.05) is 41.4 Å². The molecule has 0 bridgehead atoms. The van der Waals surface area contributed by atoms with Crippen LogP contribution >= 0.6 is 34.5 Å². The van der Waals surface area contributed by atoms with Gasteiger partial charge in [-0.15, -0.1) is 11.3 Å². The van der Waals surface area contributed by atoms with Crippen molar-refractivity contribution in [2.45, 2.75) is 26.9 Å². The molecule has 30 heavy (non-hydrogen) atoms. The SMILES string of the molecule is Cc1nn(Cc2ccccc2Cl)c(C)c1NC(=O)c1cc(Cn2cc(Cl)cn2)cs1. The van der Waals surface area contributed by atoms with E-state index in [0.29, 0.717) is 28.0 Å². The largest absolute Gasteiger partial charge is 0.318 e. The van der Waals surface area contributed by atoms with Crippen LogP contribution < -0.4 is 5.32 Å². The minimum absolute atomic E-state index is 0.159. The highest BCUT2D eigenvalue weighted by atomic mass is 35.5. The molecule has 3 heterocycles. The lowest BCUT2D eigenvalue weighted by atomic mass is 10.2. The number of nitrogens with one attached hydrogen (secondary N) is 1. The molecule has 1 N–H and O–H groups in total. The van der Waals surface area contributed by atoms with E-state index in [2.05, 4.69) is 15.5 Å². The highest BCUT2D eigenvalue weighted by molar-refractivity contribution is 7.12. The molecule has 0 saturated heterocycles.